The quantitative estimate of drug-likeness (QED) is 0.595. The molecule has 0 spiro atoms. The predicted molar refractivity (Wildman–Crippen MR) is 122 cm³/mol. The van der Waals surface area contributed by atoms with Crippen LogP contribution < -0.4 is 0 Å². The zero-order valence-electron chi connectivity index (χ0n) is 17.1. The highest BCUT2D eigenvalue weighted by Crippen LogP contribution is 2.33. The number of carbonyl (C=O) groups excluding carboxylic acids is 2. The molecule has 5 rings (SSSR count). The van der Waals surface area contributed by atoms with E-state index in [4.69, 9.17) is 11.6 Å². The molecule has 0 saturated carbocycles. The second-order valence-corrected chi connectivity index (χ2v) is 8.83. The summed E-state index contributed by atoms with van der Waals surface area (Å²) in [6, 6.07) is 24.9. The number of likely N-dealkylation sites (tertiary alicyclic amines) is 2. The van der Waals surface area contributed by atoms with Crippen molar-refractivity contribution in [3.8, 4) is 11.1 Å². The maximum Gasteiger partial charge on any atom is 0.253 e. The van der Waals surface area contributed by atoms with E-state index < -0.39 is 0 Å². The number of hydrogen-bond donors (Lipinski definition) is 0. The molecule has 2 fully saturated rings. The summed E-state index contributed by atoms with van der Waals surface area (Å²) in [4.78, 5) is 29.6. The molecule has 3 aromatic rings. The lowest BCUT2D eigenvalue weighted by atomic mass is 10.0. The van der Waals surface area contributed by atoms with E-state index in [0.29, 0.717) is 35.5 Å². The van der Waals surface area contributed by atoms with Gasteiger partial charge in [-0.1, -0.05) is 54.1 Å². The van der Waals surface area contributed by atoms with E-state index in [1.54, 1.807) is 0 Å². The highest BCUT2D eigenvalue weighted by molar-refractivity contribution is 6.30. The molecule has 0 aliphatic carbocycles. The molecule has 2 atom stereocenters. The minimum Gasteiger partial charge on any atom is -0.338 e. The molecule has 2 saturated heterocycles. The van der Waals surface area contributed by atoms with Crippen LogP contribution in [0.4, 0.5) is 0 Å². The standard InChI is InChI=1S/C26H23ClN2O2/c27-24-12-10-19(11-13-24)18-6-8-21(9-7-18)26(31)29-16-22-14-28(15-23(22)17-29)25(30)20-4-2-1-3-5-20/h1-13,22-23H,14-17H2/t22-,23+. The van der Waals surface area contributed by atoms with Crippen molar-refractivity contribution >= 4 is 23.4 Å². The van der Waals surface area contributed by atoms with Gasteiger partial charge in [0.15, 0.2) is 0 Å². The number of nitrogens with zero attached hydrogens (tertiary/aromatic N) is 2. The second-order valence-electron chi connectivity index (χ2n) is 8.39. The highest BCUT2D eigenvalue weighted by Gasteiger charge is 2.43. The minimum absolute atomic E-state index is 0.0676. The van der Waals surface area contributed by atoms with E-state index in [2.05, 4.69) is 0 Å². The lowest BCUT2D eigenvalue weighted by molar-refractivity contribution is 0.0738. The van der Waals surface area contributed by atoms with Gasteiger partial charge in [-0.05, 0) is 47.5 Å². The lowest BCUT2D eigenvalue weighted by Gasteiger charge is -2.22. The van der Waals surface area contributed by atoms with Gasteiger partial charge in [0, 0.05) is 54.2 Å². The van der Waals surface area contributed by atoms with Gasteiger partial charge in [-0.15, -0.1) is 0 Å². The minimum atomic E-state index is 0.0676. The van der Waals surface area contributed by atoms with Crippen LogP contribution in [0, 0.1) is 11.8 Å². The number of halogens is 1. The van der Waals surface area contributed by atoms with Crippen molar-refractivity contribution in [2.24, 2.45) is 11.8 Å². The van der Waals surface area contributed by atoms with Crippen molar-refractivity contribution in [2.75, 3.05) is 26.2 Å². The van der Waals surface area contributed by atoms with Crippen LogP contribution in [0.25, 0.3) is 11.1 Å². The highest BCUT2D eigenvalue weighted by atomic mass is 35.5. The molecule has 2 aliphatic rings. The predicted octanol–water partition coefficient (Wildman–Crippen LogP) is 4.85. The molecule has 31 heavy (non-hydrogen) atoms. The first-order valence-corrected chi connectivity index (χ1v) is 11.0. The van der Waals surface area contributed by atoms with Gasteiger partial charge in [-0.25, -0.2) is 0 Å². The molecule has 0 radical (unpaired) electrons. The summed E-state index contributed by atoms with van der Waals surface area (Å²) in [5, 5.41) is 0.708. The van der Waals surface area contributed by atoms with E-state index >= 15 is 0 Å². The smallest absolute Gasteiger partial charge is 0.253 e. The molecule has 4 nitrogen and oxygen atoms in total. The summed E-state index contributed by atoms with van der Waals surface area (Å²) in [6.45, 7) is 2.86. The SMILES string of the molecule is O=C(c1ccccc1)N1C[C@@H]2CN(C(=O)c3ccc(-c4ccc(Cl)cc4)cc3)C[C@@H]2C1. The van der Waals surface area contributed by atoms with Crippen LogP contribution in [0.5, 0.6) is 0 Å². The first-order chi connectivity index (χ1) is 15.1. The average Bonchev–Trinajstić information content (AvgIpc) is 3.39. The molecule has 2 aliphatic heterocycles. The van der Waals surface area contributed by atoms with Crippen molar-refractivity contribution < 1.29 is 9.59 Å². The molecule has 0 bridgehead atoms. The molecular formula is C26H23ClN2O2. The molecule has 156 valence electrons. The summed E-state index contributed by atoms with van der Waals surface area (Å²) >= 11 is 5.96. The van der Waals surface area contributed by atoms with E-state index in [1.807, 2.05) is 88.7 Å². The molecule has 0 N–H and O–H groups in total. The Labute approximate surface area is 187 Å². The van der Waals surface area contributed by atoms with Crippen molar-refractivity contribution in [2.45, 2.75) is 0 Å². The van der Waals surface area contributed by atoms with Crippen LogP contribution in [-0.2, 0) is 0 Å². The Bertz CT molecular complexity index is 1080. The fraction of sp³-hybridized carbons (Fsp3) is 0.231. The van der Waals surface area contributed by atoms with E-state index in [-0.39, 0.29) is 11.8 Å². The van der Waals surface area contributed by atoms with Crippen LogP contribution in [-0.4, -0.2) is 47.8 Å². The molecule has 3 aromatic carbocycles. The third kappa shape index (κ3) is 3.96. The van der Waals surface area contributed by atoms with Gasteiger partial charge in [-0.3, -0.25) is 9.59 Å². The van der Waals surface area contributed by atoms with Gasteiger partial charge in [0.25, 0.3) is 11.8 Å². The Kier molecular flexibility index (Phi) is 5.24. The van der Waals surface area contributed by atoms with Crippen LogP contribution in [0.2, 0.25) is 5.02 Å². The molecule has 2 heterocycles. The van der Waals surface area contributed by atoms with Gasteiger partial charge in [0.1, 0.15) is 0 Å². The summed E-state index contributed by atoms with van der Waals surface area (Å²) in [6.07, 6.45) is 0. The first kappa shape index (κ1) is 19.8. The maximum absolute atomic E-state index is 13.0. The summed E-state index contributed by atoms with van der Waals surface area (Å²) in [5.41, 5.74) is 3.56. The maximum atomic E-state index is 13.0. The summed E-state index contributed by atoms with van der Waals surface area (Å²) in [5.74, 6) is 0.860. The molecular weight excluding hydrogens is 408 g/mol. The second kappa shape index (κ2) is 8.20. The van der Waals surface area contributed by atoms with Crippen molar-refractivity contribution in [3.05, 3.63) is 95.0 Å². The first-order valence-electron chi connectivity index (χ1n) is 10.6. The summed E-state index contributed by atoms with van der Waals surface area (Å²) in [7, 11) is 0. The van der Waals surface area contributed by atoms with Crippen LogP contribution >= 0.6 is 11.6 Å². The Hall–Kier alpha value is -3.11. The van der Waals surface area contributed by atoms with Crippen molar-refractivity contribution in [1.82, 2.24) is 9.80 Å². The zero-order chi connectivity index (χ0) is 21.4. The fourth-order valence-electron chi connectivity index (χ4n) is 4.72. The molecule has 0 unspecified atom stereocenters. The Morgan fingerprint density at radius 1 is 0.613 bits per heavy atom. The normalized spacial score (nSPS) is 20.0. The van der Waals surface area contributed by atoms with E-state index in [9.17, 15) is 9.59 Å². The monoisotopic (exact) mass is 430 g/mol. The van der Waals surface area contributed by atoms with Gasteiger partial charge in [0.05, 0.1) is 0 Å². The third-order valence-electron chi connectivity index (χ3n) is 6.39. The fourth-order valence-corrected chi connectivity index (χ4v) is 4.84. The van der Waals surface area contributed by atoms with E-state index in [1.165, 1.54) is 0 Å². The number of benzene rings is 3. The van der Waals surface area contributed by atoms with Gasteiger partial charge < -0.3 is 9.80 Å². The Morgan fingerprint density at radius 2 is 1.03 bits per heavy atom. The molecule has 5 heteroatoms. The molecule has 2 amide bonds. The molecule has 0 aromatic heterocycles. The van der Waals surface area contributed by atoms with Gasteiger partial charge in [-0.2, -0.15) is 0 Å². The number of rotatable bonds is 3. The van der Waals surface area contributed by atoms with Crippen LogP contribution in [0.3, 0.4) is 0 Å². The average molecular weight is 431 g/mol. The third-order valence-corrected chi connectivity index (χ3v) is 6.64. The van der Waals surface area contributed by atoms with Gasteiger partial charge >= 0.3 is 0 Å². The summed E-state index contributed by atoms with van der Waals surface area (Å²) < 4.78 is 0. The topological polar surface area (TPSA) is 40.6 Å². The van der Waals surface area contributed by atoms with Gasteiger partial charge in [0.2, 0.25) is 0 Å². The van der Waals surface area contributed by atoms with Crippen molar-refractivity contribution in [3.63, 3.8) is 0 Å². The lowest BCUT2D eigenvalue weighted by Crippen LogP contribution is -2.35. The van der Waals surface area contributed by atoms with Crippen LogP contribution in [0.1, 0.15) is 20.7 Å². The number of fused-ring (bicyclic) bond motifs is 1. The Balaban J connectivity index is 1.22. The number of amides is 2. The zero-order valence-corrected chi connectivity index (χ0v) is 17.8. The number of hydrogen-bond acceptors (Lipinski definition) is 2. The van der Waals surface area contributed by atoms with E-state index in [0.717, 1.165) is 29.8 Å². The van der Waals surface area contributed by atoms with Crippen molar-refractivity contribution in [1.29, 1.82) is 0 Å². The largest absolute Gasteiger partial charge is 0.338 e. The van der Waals surface area contributed by atoms with Crippen LogP contribution in [0.15, 0.2) is 78.9 Å². The Morgan fingerprint density at radius 3 is 1.52 bits per heavy atom. The number of carbonyl (C=O) groups is 2.